The van der Waals surface area contributed by atoms with Crippen LogP contribution in [0.2, 0.25) is 5.02 Å². The molecule has 0 aliphatic carbocycles. The van der Waals surface area contributed by atoms with E-state index in [0.29, 0.717) is 0 Å². The van der Waals surface area contributed by atoms with E-state index >= 15 is 0 Å². The van der Waals surface area contributed by atoms with E-state index in [4.69, 9.17) is 22.7 Å². The van der Waals surface area contributed by atoms with Gasteiger partial charge in [-0.2, -0.15) is 0 Å². The Hall–Kier alpha value is -1.26. The highest BCUT2D eigenvalue weighted by Gasteiger charge is 2.24. The van der Waals surface area contributed by atoms with Crippen molar-refractivity contribution in [3.8, 4) is 0 Å². The van der Waals surface area contributed by atoms with Crippen molar-refractivity contribution in [2.75, 3.05) is 31.1 Å². The number of anilines is 1. The van der Waals surface area contributed by atoms with Crippen LogP contribution in [-0.4, -0.2) is 43.0 Å². The zero-order chi connectivity index (χ0) is 13.8. The molecule has 0 bridgehead atoms. The Morgan fingerprint density at radius 3 is 2.32 bits per heavy atom. The number of hydrogen-bond donors (Lipinski definition) is 2. The van der Waals surface area contributed by atoms with Crippen LogP contribution < -0.4 is 10.6 Å². The summed E-state index contributed by atoms with van der Waals surface area (Å²) in [5, 5.41) is 8.40. The molecule has 1 saturated heterocycles. The van der Waals surface area contributed by atoms with Crippen molar-refractivity contribution in [2.24, 2.45) is 5.73 Å². The molecule has 19 heavy (non-hydrogen) atoms. The Morgan fingerprint density at radius 2 is 1.84 bits per heavy atom. The quantitative estimate of drug-likeness (QED) is 0.656. The van der Waals surface area contributed by atoms with Gasteiger partial charge >= 0.3 is 0 Å². The summed E-state index contributed by atoms with van der Waals surface area (Å²) in [5.41, 5.74) is 6.86. The van der Waals surface area contributed by atoms with Crippen molar-refractivity contribution < 1.29 is 0 Å². The molecule has 1 aliphatic rings. The molecule has 0 radical (unpaired) electrons. The normalized spacial score (nSPS) is 18.3. The van der Waals surface area contributed by atoms with Crippen molar-refractivity contribution in [1.82, 2.24) is 4.90 Å². The molecule has 4 nitrogen and oxygen atoms in total. The maximum atomic E-state index is 7.63. The van der Waals surface area contributed by atoms with Crippen LogP contribution in [0.15, 0.2) is 24.3 Å². The molecule has 3 N–H and O–H groups in total. The van der Waals surface area contributed by atoms with Crippen molar-refractivity contribution in [3.63, 3.8) is 0 Å². The molecule has 1 aliphatic heterocycles. The highest BCUT2D eigenvalue weighted by molar-refractivity contribution is 6.30. The van der Waals surface area contributed by atoms with Gasteiger partial charge in [-0.15, -0.1) is 0 Å². The SMILES string of the molecule is CCC(C(=N)N)N1CCN(c2ccc(Cl)cc2)CC1. The molecule has 0 saturated carbocycles. The van der Waals surface area contributed by atoms with E-state index in [2.05, 4.69) is 28.9 Å². The number of halogens is 1. The van der Waals surface area contributed by atoms with Crippen molar-refractivity contribution >= 4 is 23.1 Å². The van der Waals surface area contributed by atoms with Gasteiger partial charge in [-0.3, -0.25) is 10.3 Å². The third-order valence-electron chi connectivity index (χ3n) is 3.69. The fraction of sp³-hybridized carbons (Fsp3) is 0.500. The maximum Gasteiger partial charge on any atom is 0.108 e. The molecular formula is C14H21ClN4. The number of amidine groups is 1. The molecule has 1 atom stereocenters. The lowest BCUT2D eigenvalue weighted by atomic mass is 10.1. The highest BCUT2D eigenvalue weighted by Crippen LogP contribution is 2.20. The second-order valence-corrected chi connectivity index (χ2v) is 5.32. The molecular weight excluding hydrogens is 260 g/mol. The lowest BCUT2D eigenvalue weighted by Crippen LogP contribution is -2.53. The topological polar surface area (TPSA) is 56.4 Å². The van der Waals surface area contributed by atoms with Gasteiger partial charge in [0.25, 0.3) is 0 Å². The average molecular weight is 281 g/mol. The maximum absolute atomic E-state index is 7.63. The Morgan fingerprint density at radius 1 is 1.26 bits per heavy atom. The minimum atomic E-state index is 0.0902. The van der Waals surface area contributed by atoms with Crippen LogP contribution in [0.4, 0.5) is 5.69 Å². The number of hydrogen-bond acceptors (Lipinski definition) is 3. The number of nitrogens with two attached hydrogens (primary N) is 1. The van der Waals surface area contributed by atoms with Crippen molar-refractivity contribution in [2.45, 2.75) is 19.4 Å². The van der Waals surface area contributed by atoms with Gasteiger partial charge in [0.05, 0.1) is 6.04 Å². The predicted molar refractivity (Wildman–Crippen MR) is 81.2 cm³/mol. The molecule has 1 heterocycles. The second kappa shape index (κ2) is 6.26. The lowest BCUT2D eigenvalue weighted by molar-refractivity contribution is 0.222. The first-order valence-electron chi connectivity index (χ1n) is 6.70. The monoisotopic (exact) mass is 280 g/mol. The van der Waals surface area contributed by atoms with Crippen molar-refractivity contribution in [1.29, 1.82) is 5.41 Å². The van der Waals surface area contributed by atoms with Gasteiger partial charge in [0.2, 0.25) is 0 Å². The van der Waals surface area contributed by atoms with Gasteiger partial charge in [0.1, 0.15) is 5.84 Å². The molecule has 1 unspecified atom stereocenters. The zero-order valence-corrected chi connectivity index (χ0v) is 12.0. The van der Waals surface area contributed by atoms with Gasteiger partial charge in [-0.25, -0.2) is 0 Å². The lowest BCUT2D eigenvalue weighted by Gasteiger charge is -2.39. The van der Waals surface area contributed by atoms with Crippen LogP contribution in [0.5, 0.6) is 0 Å². The van der Waals surface area contributed by atoms with Crippen molar-refractivity contribution in [3.05, 3.63) is 29.3 Å². The van der Waals surface area contributed by atoms with Crippen LogP contribution in [0.1, 0.15) is 13.3 Å². The summed E-state index contributed by atoms with van der Waals surface area (Å²) < 4.78 is 0. The Balaban J connectivity index is 1.95. The first kappa shape index (κ1) is 14.2. The number of benzene rings is 1. The second-order valence-electron chi connectivity index (χ2n) is 4.88. The Labute approximate surface area is 119 Å². The Bertz CT molecular complexity index is 424. The fourth-order valence-corrected chi connectivity index (χ4v) is 2.74. The van der Waals surface area contributed by atoms with E-state index in [-0.39, 0.29) is 11.9 Å². The number of nitrogens with zero attached hydrogens (tertiary/aromatic N) is 2. The molecule has 0 aromatic heterocycles. The third-order valence-corrected chi connectivity index (χ3v) is 3.94. The third kappa shape index (κ3) is 3.39. The summed E-state index contributed by atoms with van der Waals surface area (Å²) in [6.07, 6.45) is 0.899. The number of nitrogens with one attached hydrogen (secondary N) is 1. The van der Waals surface area contributed by atoms with E-state index in [9.17, 15) is 0 Å². The van der Waals surface area contributed by atoms with Crippen LogP contribution in [0, 0.1) is 5.41 Å². The number of piperazine rings is 1. The number of rotatable bonds is 4. The van der Waals surface area contributed by atoms with E-state index in [1.165, 1.54) is 5.69 Å². The summed E-state index contributed by atoms with van der Waals surface area (Å²) in [7, 11) is 0. The largest absolute Gasteiger partial charge is 0.386 e. The van der Waals surface area contributed by atoms with Gasteiger partial charge in [0, 0.05) is 36.9 Å². The van der Waals surface area contributed by atoms with Crippen LogP contribution >= 0.6 is 11.6 Å². The van der Waals surface area contributed by atoms with Gasteiger partial charge in [0.15, 0.2) is 0 Å². The smallest absolute Gasteiger partial charge is 0.108 e. The molecule has 1 fully saturated rings. The summed E-state index contributed by atoms with van der Waals surface area (Å²) >= 11 is 5.90. The van der Waals surface area contributed by atoms with Crippen LogP contribution in [0.25, 0.3) is 0 Å². The summed E-state index contributed by atoms with van der Waals surface area (Å²) in [6, 6.07) is 8.05. The minimum Gasteiger partial charge on any atom is -0.386 e. The first-order valence-corrected chi connectivity index (χ1v) is 7.08. The summed E-state index contributed by atoms with van der Waals surface area (Å²) in [5.74, 6) is 0.280. The van der Waals surface area contributed by atoms with Crippen LogP contribution in [0.3, 0.4) is 0 Å². The van der Waals surface area contributed by atoms with Gasteiger partial charge in [-0.1, -0.05) is 18.5 Å². The van der Waals surface area contributed by atoms with E-state index in [1.54, 1.807) is 0 Å². The predicted octanol–water partition coefficient (Wildman–Crippen LogP) is 2.18. The van der Waals surface area contributed by atoms with E-state index in [0.717, 1.165) is 37.6 Å². The molecule has 5 heteroatoms. The van der Waals surface area contributed by atoms with Crippen LogP contribution in [-0.2, 0) is 0 Å². The fourth-order valence-electron chi connectivity index (χ4n) is 2.62. The molecule has 2 rings (SSSR count). The summed E-state index contributed by atoms with van der Waals surface area (Å²) in [4.78, 5) is 4.65. The van der Waals surface area contributed by atoms with E-state index < -0.39 is 0 Å². The van der Waals surface area contributed by atoms with E-state index in [1.807, 2.05) is 12.1 Å². The minimum absolute atomic E-state index is 0.0902. The molecule has 1 aromatic rings. The van der Waals surface area contributed by atoms with Gasteiger partial charge in [-0.05, 0) is 30.7 Å². The zero-order valence-electron chi connectivity index (χ0n) is 11.3. The average Bonchev–Trinajstić information content (AvgIpc) is 2.41. The first-order chi connectivity index (χ1) is 9.11. The molecule has 0 spiro atoms. The Kier molecular flexibility index (Phi) is 4.66. The molecule has 1 aromatic carbocycles. The highest BCUT2D eigenvalue weighted by atomic mass is 35.5. The molecule has 0 amide bonds. The standard InChI is InChI=1S/C14H21ClN4/c1-2-13(14(16)17)19-9-7-18(8-10-19)12-5-3-11(15)4-6-12/h3-6,13H,2,7-10H2,1H3,(H3,16,17). The summed E-state index contributed by atoms with van der Waals surface area (Å²) in [6.45, 7) is 5.90. The molecule has 104 valence electrons. The van der Waals surface area contributed by atoms with Gasteiger partial charge < -0.3 is 10.6 Å².